The highest BCUT2D eigenvalue weighted by atomic mass is 16.6. The molecule has 0 heterocycles. The Kier molecular flexibility index (Phi) is 34.6. The first kappa shape index (κ1) is 41.1. The Morgan fingerprint density at radius 1 is 0.850 bits per heavy atom. The summed E-state index contributed by atoms with van der Waals surface area (Å²) >= 11 is 0. The molecule has 2 N–H and O–H groups in total. The molecule has 1 unspecified atom stereocenters. The molecule has 0 aliphatic carbocycles. The smallest absolute Gasteiger partial charge is 0.412 e. The van der Waals surface area contributed by atoms with Gasteiger partial charge >= 0.3 is 12.1 Å². The summed E-state index contributed by atoms with van der Waals surface area (Å²) in [6.07, 6.45) is 3.37. The molecule has 8 nitrogen and oxygen atoms in total. The molecule has 1 atom stereocenters. The summed E-state index contributed by atoms with van der Waals surface area (Å²) in [5.41, 5.74) is 0. The number of benzene rings is 2. The van der Waals surface area contributed by atoms with Crippen molar-refractivity contribution >= 4 is 12.1 Å². The van der Waals surface area contributed by atoms with Gasteiger partial charge in [0.2, 0.25) is 0 Å². The third-order valence-electron chi connectivity index (χ3n) is 3.58. The summed E-state index contributed by atoms with van der Waals surface area (Å²) in [7, 11) is 0. The van der Waals surface area contributed by atoms with Crippen molar-refractivity contribution in [3.8, 4) is 11.5 Å². The predicted molar refractivity (Wildman–Crippen MR) is 164 cm³/mol. The largest absolute Gasteiger partial charge is 0.491 e. The molecule has 1 amide bonds. The predicted octanol–water partition coefficient (Wildman–Crippen LogP) is 7.22. The molecule has 2 aromatic rings. The average molecular weight is 564 g/mol. The molecule has 0 saturated heterocycles. The molecule has 8 heteroatoms. The number of aliphatic hydroxyl groups excluding tert-OH is 1. The van der Waals surface area contributed by atoms with Crippen LogP contribution in [0.3, 0.4) is 0 Å². The van der Waals surface area contributed by atoms with E-state index in [4.69, 9.17) is 14.2 Å². The molecule has 0 fully saturated rings. The SMILES string of the molecule is C=CC(=O)OCCNC(=O)Oc1ccccc1.CC.CCC.CCC.CCCOCC(O)COc1ccccc1. The van der Waals surface area contributed by atoms with Crippen molar-refractivity contribution in [1.29, 1.82) is 0 Å². The van der Waals surface area contributed by atoms with Gasteiger partial charge in [-0.3, -0.25) is 0 Å². The first-order chi connectivity index (χ1) is 19.4. The fraction of sp³-hybridized carbons (Fsp3) is 0.500. The molecule has 0 radical (unpaired) electrons. The number of carbonyl (C=O) groups excluding carboxylic acids is 2. The second kappa shape index (κ2) is 33.7. The van der Waals surface area contributed by atoms with E-state index in [1.54, 1.807) is 24.3 Å². The molecule has 2 rings (SSSR count). The van der Waals surface area contributed by atoms with E-state index >= 15 is 0 Å². The topological polar surface area (TPSA) is 103 Å². The van der Waals surface area contributed by atoms with Crippen molar-refractivity contribution in [3.63, 3.8) is 0 Å². The number of hydrogen-bond acceptors (Lipinski definition) is 7. The maximum absolute atomic E-state index is 11.2. The van der Waals surface area contributed by atoms with Crippen LogP contribution in [0.2, 0.25) is 0 Å². The summed E-state index contributed by atoms with van der Waals surface area (Å²) in [4.78, 5) is 21.9. The van der Waals surface area contributed by atoms with Crippen molar-refractivity contribution in [3.05, 3.63) is 73.3 Å². The van der Waals surface area contributed by atoms with E-state index in [-0.39, 0.29) is 19.8 Å². The third kappa shape index (κ3) is 30.9. The highest BCUT2D eigenvalue weighted by molar-refractivity contribution is 5.81. The fourth-order valence-corrected chi connectivity index (χ4v) is 2.12. The van der Waals surface area contributed by atoms with E-state index in [1.165, 1.54) is 12.8 Å². The average Bonchev–Trinajstić information content (AvgIpc) is 2.97. The lowest BCUT2D eigenvalue weighted by atomic mass is 10.3. The molecule has 40 heavy (non-hydrogen) atoms. The highest BCUT2D eigenvalue weighted by Gasteiger charge is 2.05. The minimum atomic E-state index is -0.592. The number of rotatable bonds is 12. The Morgan fingerprint density at radius 3 is 1.82 bits per heavy atom. The lowest BCUT2D eigenvalue weighted by Crippen LogP contribution is -2.30. The number of nitrogens with one attached hydrogen (secondary N) is 1. The van der Waals surface area contributed by atoms with Crippen molar-refractivity contribution < 1.29 is 33.6 Å². The first-order valence-electron chi connectivity index (χ1n) is 14.1. The number of carbonyl (C=O) groups is 2. The number of para-hydroxylation sites is 2. The zero-order valence-corrected chi connectivity index (χ0v) is 25.7. The summed E-state index contributed by atoms with van der Waals surface area (Å²) in [6, 6.07) is 18.1. The standard InChI is InChI=1S/C12H13NO4.C12H18O3.2C3H8.C2H6/c1-2-11(14)16-9-8-13-12(15)17-10-6-4-3-5-7-10;1-2-8-14-9-11(13)10-15-12-6-4-3-5-7-12;2*1-3-2;1-2/h2-7H,1,8-9H2,(H,13,15);3-7,11,13H,2,8-10H2,1H3;2*3H2,1-2H3;1-2H3. The number of ether oxygens (including phenoxy) is 4. The van der Waals surface area contributed by atoms with Crippen LogP contribution in [-0.2, 0) is 14.3 Å². The summed E-state index contributed by atoms with van der Waals surface area (Å²) in [5.74, 6) is 0.698. The van der Waals surface area contributed by atoms with Gasteiger partial charge in [0.25, 0.3) is 0 Å². The second-order valence-corrected chi connectivity index (χ2v) is 7.77. The number of amides is 1. The molecular weight excluding hydrogens is 510 g/mol. The number of hydrogen-bond donors (Lipinski definition) is 2. The summed E-state index contributed by atoms with van der Waals surface area (Å²) in [6.45, 7) is 19.3. The molecule has 0 spiro atoms. The monoisotopic (exact) mass is 563 g/mol. The van der Waals surface area contributed by atoms with Crippen LogP contribution in [0.4, 0.5) is 4.79 Å². The molecule has 2 aromatic carbocycles. The van der Waals surface area contributed by atoms with Crippen LogP contribution in [0, 0.1) is 0 Å². The van der Waals surface area contributed by atoms with Crippen LogP contribution >= 0.6 is 0 Å². The Bertz CT molecular complexity index is 799. The third-order valence-corrected chi connectivity index (χ3v) is 3.58. The maximum atomic E-state index is 11.2. The van der Waals surface area contributed by atoms with E-state index in [9.17, 15) is 14.7 Å². The van der Waals surface area contributed by atoms with Gasteiger partial charge in [-0.05, 0) is 30.7 Å². The molecule has 0 aliphatic rings. The quantitative estimate of drug-likeness (QED) is 0.160. The zero-order chi connectivity index (χ0) is 30.9. The van der Waals surface area contributed by atoms with Gasteiger partial charge in [-0.25, -0.2) is 9.59 Å². The molecule has 0 aliphatic heterocycles. The van der Waals surface area contributed by atoms with Gasteiger partial charge in [0.05, 0.1) is 13.2 Å². The number of aliphatic hydroxyl groups is 1. The van der Waals surface area contributed by atoms with Crippen LogP contribution in [0.1, 0.15) is 67.7 Å². The van der Waals surface area contributed by atoms with E-state index in [0.717, 1.165) is 18.2 Å². The van der Waals surface area contributed by atoms with Crippen LogP contribution < -0.4 is 14.8 Å². The summed E-state index contributed by atoms with van der Waals surface area (Å²) in [5, 5.41) is 11.9. The Morgan fingerprint density at radius 2 is 1.35 bits per heavy atom. The van der Waals surface area contributed by atoms with E-state index in [1.807, 2.05) is 57.2 Å². The van der Waals surface area contributed by atoms with Crippen molar-refractivity contribution in [1.82, 2.24) is 5.32 Å². The highest BCUT2D eigenvalue weighted by Crippen LogP contribution is 2.09. The molecule has 0 aromatic heterocycles. The Balaban J connectivity index is -0.000000545. The molecule has 0 bridgehead atoms. The van der Waals surface area contributed by atoms with E-state index in [2.05, 4.69) is 44.3 Å². The summed E-state index contributed by atoms with van der Waals surface area (Å²) < 4.78 is 20.2. The van der Waals surface area contributed by atoms with Crippen LogP contribution in [0.5, 0.6) is 11.5 Å². The van der Waals surface area contributed by atoms with Crippen LogP contribution in [-0.4, -0.2) is 56.2 Å². The maximum Gasteiger partial charge on any atom is 0.412 e. The van der Waals surface area contributed by atoms with Crippen molar-refractivity contribution in [2.24, 2.45) is 0 Å². The van der Waals surface area contributed by atoms with E-state index < -0.39 is 18.2 Å². The molecular formula is C32H53NO7. The van der Waals surface area contributed by atoms with Gasteiger partial charge < -0.3 is 29.4 Å². The number of esters is 1. The fourth-order valence-electron chi connectivity index (χ4n) is 2.12. The van der Waals surface area contributed by atoms with Crippen molar-refractivity contribution in [2.45, 2.75) is 73.8 Å². The Hall–Kier alpha value is -3.36. The van der Waals surface area contributed by atoms with Gasteiger partial charge in [0.1, 0.15) is 30.8 Å². The Labute approximate surface area is 242 Å². The second-order valence-electron chi connectivity index (χ2n) is 7.77. The van der Waals surface area contributed by atoms with Crippen LogP contribution in [0.25, 0.3) is 0 Å². The van der Waals surface area contributed by atoms with Crippen molar-refractivity contribution in [2.75, 3.05) is 33.0 Å². The zero-order valence-electron chi connectivity index (χ0n) is 25.7. The lowest BCUT2D eigenvalue weighted by Gasteiger charge is -2.12. The first-order valence-corrected chi connectivity index (χ1v) is 14.1. The van der Waals surface area contributed by atoms with Gasteiger partial charge in [-0.2, -0.15) is 0 Å². The van der Waals surface area contributed by atoms with Gasteiger partial charge in [0.15, 0.2) is 0 Å². The van der Waals surface area contributed by atoms with Crippen LogP contribution in [0.15, 0.2) is 73.3 Å². The van der Waals surface area contributed by atoms with E-state index in [0.29, 0.717) is 19.0 Å². The van der Waals surface area contributed by atoms with Gasteiger partial charge in [0, 0.05) is 12.7 Å². The molecule has 228 valence electrons. The lowest BCUT2D eigenvalue weighted by molar-refractivity contribution is -0.137. The van der Waals surface area contributed by atoms with Gasteiger partial charge in [-0.1, -0.05) is 104 Å². The van der Waals surface area contributed by atoms with Gasteiger partial charge in [-0.15, -0.1) is 0 Å². The minimum absolute atomic E-state index is 0.0781. The normalized spacial score (nSPS) is 9.60. The molecule has 0 saturated carbocycles. The minimum Gasteiger partial charge on any atom is -0.491 e.